The van der Waals surface area contributed by atoms with Crippen molar-refractivity contribution in [2.24, 2.45) is 11.7 Å². The van der Waals surface area contributed by atoms with E-state index in [-0.39, 0.29) is 37.4 Å². The van der Waals surface area contributed by atoms with E-state index >= 15 is 0 Å². The van der Waals surface area contributed by atoms with Crippen LogP contribution in [0, 0.1) is 5.92 Å². The predicted molar refractivity (Wildman–Crippen MR) is 150 cm³/mol. The fourth-order valence-corrected chi connectivity index (χ4v) is 5.60. The Morgan fingerprint density at radius 1 is 1.15 bits per heavy atom. The van der Waals surface area contributed by atoms with E-state index in [1.165, 1.54) is 0 Å². The van der Waals surface area contributed by atoms with Crippen molar-refractivity contribution in [3.63, 3.8) is 0 Å². The molecular weight excluding hydrogens is 498 g/mol. The molecule has 0 unspecified atom stereocenters. The van der Waals surface area contributed by atoms with Crippen LogP contribution in [0.3, 0.4) is 0 Å². The molecule has 3 amide bonds. The number of nitrogens with two attached hydrogens (primary N) is 1. The number of aliphatic hydroxyl groups excluding tert-OH is 1. The van der Waals surface area contributed by atoms with E-state index in [2.05, 4.69) is 31.8 Å². The topological polar surface area (TPSA) is 134 Å². The first-order valence-electron chi connectivity index (χ1n) is 14.4. The highest BCUT2D eigenvalue weighted by molar-refractivity contribution is 5.99. The highest BCUT2D eigenvalue weighted by atomic mass is 16.5. The van der Waals surface area contributed by atoms with Crippen LogP contribution < -0.4 is 21.1 Å². The zero-order chi connectivity index (χ0) is 28.4. The van der Waals surface area contributed by atoms with Gasteiger partial charge in [0.15, 0.2) is 0 Å². The molecule has 2 aliphatic rings. The summed E-state index contributed by atoms with van der Waals surface area (Å²) in [5, 5.41) is 15.2. The van der Waals surface area contributed by atoms with Gasteiger partial charge in [-0.25, -0.2) is 0 Å². The zero-order valence-corrected chi connectivity index (χ0v) is 23.9. The van der Waals surface area contributed by atoms with Crippen molar-refractivity contribution >= 4 is 17.7 Å². The van der Waals surface area contributed by atoms with Gasteiger partial charge in [0, 0.05) is 6.54 Å². The number of unbranched alkanes of at least 4 members (excludes halogenated alkanes) is 4. The monoisotopic (exact) mass is 546 g/mol. The van der Waals surface area contributed by atoms with Gasteiger partial charge in [0.05, 0.1) is 46.3 Å². The number of nitrogens with zero attached hydrogens (tertiary/aromatic N) is 2. The van der Waals surface area contributed by atoms with Crippen LogP contribution >= 0.6 is 0 Å². The Morgan fingerprint density at radius 3 is 2.64 bits per heavy atom. The van der Waals surface area contributed by atoms with Crippen LogP contribution in [0.5, 0.6) is 5.75 Å². The number of amides is 3. The molecule has 0 aromatic heterocycles. The van der Waals surface area contributed by atoms with Crippen molar-refractivity contribution in [1.82, 2.24) is 15.5 Å². The molecule has 2 heterocycles. The van der Waals surface area contributed by atoms with Crippen LogP contribution in [0.2, 0.25) is 0 Å². The van der Waals surface area contributed by atoms with Gasteiger partial charge in [-0.2, -0.15) is 0 Å². The van der Waals surface area contributed by atoms with E-state index < -0.39 is 24.0 Å². The number of ether oxygens (including phenoxy) is 1. The fraction of sp³-hybridized carbons (Fsp3) is 0.690. The zero-order valence-electron chi connectivity index (χ0n) is 23.9. The minimum Gasteiger partial charge on any atom is -0.491 e. The van der Waals surface area contributed by atoms with Crippen LogP contribution in [0.4, 0.5) is 0 Å². The van der Waals surface area contributed by atoms with Gasteiger partial charge in [-0.3, -0.25) is 14.4 Å². The smallest absolute Gasteiger partial charge is 0.246 e. The van der Waals surface area contributed by atoms with Crippen molar-refractivity contribution in [2.75, 3.05) is 54.0 Å². The van der Waals surface area contributed by atoms with Gasteiger partial charge in [0.2, 0.25) is 17.7 Å². The lowest BCUT2D eigenvalue weighted by atomic mass is 9.92. The highest BCUT2D eigenvalue weighted by Crippen LogP contribution is 2.44. The molecule has 4 atom stereocenters. The number of carbonyl (C=O) groups is 3. The first-order valence-corrected chi connectivity index (χ1v) is 14.4. The Balaban J connectivity index is 1.79. The van der Waals surface area contributed by atoms with E-state index in [0.29, 0.717) is 25.3 Å². The summed E-state index contributed by atoms with van der Waals surface area (Å²) >= 11 is 0. The predicted octanol–water partition coefficient (Wildman–Crippen LogP) is 1.33. The summed E-state index contributed by atoms with van der Waals surface area (Å²) in [7, 11) is 6.41. The van der Waals surface area contributed by atoms with Crippen LogP contribution in [0.1, 0.15) is 63.0 Å². The lowest BCUT2D eigenvalue weighted by molar-refractivity contribution is -0.870. The van der Waals surface area contributed by atoms with Crippen LogP contribution in [0.15, 0.2) is 24.3 Å². The van der Waals surface area contributed by atoms with Gasteiger partial charge in [-0.05, 0) is 62.8 Å². The quantitative estimate of drug-likeness (QED) is 0.183. The molecule has 2 saturated heterocycles. The molecule has 1 aromatic carbocycles. The first kappa shape index (κ1) is 30.8. The summed E-state index contributed by atoms with van der Waals surface area (Å²) in [6.45, 7) is 2.23. The molecule has 0 saturated carbocycles. The van der Waals surface area contributed by atoms with Gasteiger partial charge in [-0.1, -0.05) is 25.0 Å². The summed E-state index contributed by atoms with van der Waals surface area (Å²) in [5.41, 5.74) is 6.32. The minimum atomic E-state index is -0.688. The first-order chi connectivity index (χ1) is 18.7. The van der Waals surface area contributed by atoms with E-state index in [1.807, 2.05) is 18.2 Å². The molecule has 10 nitrogen and oxygen atoms in total. The second-order valence-corrected chi connectivity index (χ2v) is 11.8. The summed E-state index contributed by atoms with van der Waals surface area (Å²) in [4.78, 5) is 42.2. The maximum Gasteiger partial charge on any atom is 0.246 e. The Kier molecular flexibility index (Phi) is 11.6. The summed E-state index contributed by atoms with van der Waals surface area (Å²) in [5.74, 6) is -0.474. The van der Waals surface area contributed by atoms with E-state index in [9.17, 15) is 19.5 Å². The number of hydrogen-bond donors (Lipinski definition) is 4. The number of hydrogen-bond acceptors (Lipinski definition) is 6. The largest absolute Gasteiger partial charge is 0.491 e. The normalized spacial score (nSPS) is 22.9. The molecule has 2 aliphatic heterocycles. The molecule has 0 radical (unpaired) electrons. The number of quaternary nitrogens is 1. The van der Waals surface area contributed by atoms with E-state index in [1.54, 1.807) is 11.0 Å². The summed E-state index contributed by atoms with van der Waals surface area (Å²) in [6, 6.07) is 5.43. The number of fused-ring (bicyclic) bond motifs is 1. The molecule has 5 N–H and O–H groups in total. The number of benzene rings is 1. The average molecular weight is 547 g/mol. The van der Waals surface area contributed by atoms with Crippen LogP contribution in [0.25, 0.3) is 0 Å². The van der Waals surface area contributed by atoms with E-state index in [4.69, 9.17) is 10.5 Å². The molecule has 39 heavy (non-hydrogen) atoms. The number of piperazine rings is 1. The van der Waals surface area contributed by atoms with Gasteiger partial charge in [-0.15, -0.1) is 0 Å². The Morgan fingerprint density at radius 2 is 1.92 bits per heavy atom. The van der Waals surface area contributed by atoms with Gasteiger partial charge in [0.1, 0.15) is 24.4 Å². The highest BCUT2D eigenvalue weighted by Gasteiger charge is 2.54. The minimum absolute atomic E-state index is 0.118. The standard InChI is InChI=1S/C29H47N5O5/c1-34(2,3)16-9-6-13-24-29(38)33-25(28(37)32-24)20-23(27(36)31-15-8-5-4-7-14-30)26(33)21-11-10-12-22(19-21)39-18-17-35/h10-12,19,23-26,35H,4-9,13-18,20,30H2,1-3H3,(H-,31,32,36,37)/p+1/t23-,24-,25-,26-/m0/s1. The van der Waals surface area contributed by atoms with Crippen molar-refractivity contribution in [3.05, 3.63) is 29.8 Å². The van der Waals surface area contributed by atoms with Crippen molar-refractivity contribution < 1.29 is 28.7 Å². The number of carbonyl (C=O) groups excluding carboxylic acids is 3. The molecule has 2 fully saturated rings. The van der Waals surface area contributed by atoms with Crippen LogP contribution in [-0.4, -0.2) is 98.3 Å². The molecule has 218 valence electrons. The molecule has 0 bridgehead atoms. The van der Waals surface area contributed by atoms with Crippen molar-refractivity contribution in [3.8, 4) is 5.75 Å². The van der Waals surface area contributed by atoms with E-state index in [0.717, 1.165) is 55.1 Å². The maximum atomic E-state index is 13.8. The summed E-state index contributed by atoms with van der Waals surface area (Å²) < 4.78 is 6.46. The van der Waals surface area contributed by atoms with Gasteiger partial charge in [0.25, 0.3) is 0 Å². The third-order valence-electron chi connectivity index (χ3n) is 7.56. The van der Waals surface area contributed by atoms with Crippen molar-refractivity contribution in [2.45, 2.75) is 69.5 Å². The second kappa shape index (κ2) is 14.6. The SMILES string of the molecule is C[N+](C)(C)CCCC[C@@H]1NC(=O)[C@@H]2C[C@H](C(=O)NCCCCCCN)[C@H](c3cccc(OCCO)c3)N2C1=O. The number of aliphatic hydroxyl groups is 1. The molecule has 1 aromatic rings. The average Bonchev–Trinajstić information content (AvgIpc) is 3.31. The molecule has 0 aliphatic carbocycles. The van der Waals surface area contributed by atoms with Gasteiger partial charge < -0.3 is 35.6 Å². The second-order valence-electron chi connectivity index (χ2n) is 11.8. The van der Waals surface area contributed by atoms with Crippen LogP contribution in [-0.2, 0) is 14.4 Å². The Hall–Kier alpha value is -2.69. The number of nitrogens with one attached hydrogen (secondary N) is 2. The lowest BCUT2D eigenvalue weighted by Crippen LogP contribution is -2.61. The molecule has 3 rings (SSSR count). The Labute approximate surface area is 232 Å². The molecule has 0 spiro atoms. The maximum absolute atomic E-state index is 13.8. The summed E-state index contributed by atoms with van der Waals surface area (Å²) in [6.07, 6.45) is 6.47. The lowest BCUT2D eigenvalue weighted by Gasteiger charge is -2.38. The molecular formula is C29H48N5O5+. The third-order valence-corrected chi connectivity index (χ3v) is 7.56. The third kappa shape index (κ3) is 8.65. The Bertz CT molecular complexity index is 966. The van der Waals surface area contributed by atoms with Gasteiger partial charge >= 0.3 is 0 Å². The fourth-order valence-electron chi connectivity index (χ4n) is 5.60. The van der Waals surface area contributed by atoms with Crippen molar-refractivity contribution in [1.29, 1.82) is 0 Å². The number of rotatable bonds is 16. The molecule has 10 heteroatoms.